The van der Waals surface area contributed by atoms with Gasteiger partial charge in [0.25, 0.3) is 5.91 Å². The number of likely N-dealkylation sites (tertiary alicyclic amines) is 1. The summed E-state index contributed by atoms with van der Waals surface area (Å²) in [6.45, 7) is 3.20. The van der Waals surface area contributed by atoms with Gasteiger partial charge in [0.05, 0.1) is 0 Å². The van der Waals surface area contributed by atoms with Crippen molar-refractivity contribution in [3.63, 3.8) is 0 Å². The maximum Gasteiger partial charge on any atom is 0.253 e. The Morgan fingerprint density at radius 2 is 1.68 bits per heavy atom. The standard InChI is InChI=1S/C22H25N7O2/c30-21(24-18-5-3-17(4-6-18)22(31)28-11-1-2-12-28)16-9-13-27(14-10-16)20-8-7-19-25-23-15-29(19)26-20/h3-8,15-16H,1-2,9-14H2,(H,24,30). The van der Waals surface area contributed by atoms with E-state index in [0.29, 0.717) is 11.2 Å². The number of carbonyl (C=O) groups is 2. The maximum absolute atomic E-state index is 12.7. The molecule has 5 rings (SSSR count). The minimum atomic E-state index is -0.0409. The van der Waals surface area contributed by atoms with Crippen LogP contribution in [0.1, 0.15) is 36.0 Å². The third kappa shape index (κ3) is 4.08. The second-order valence-corrected chi connectivity index (χ2v) is 8.15. The van der Waals surface area contributed by atoms with Gasteiger partial charge in [-0.2, -0.15) is 4.52 Å². The molecular weight excluding hydrogens is 394 g/mol. The van der Waals surface area contributed by atoms with Crippen molar-refractivity contribution in [1.82, 2.24) is 24.7 Å². The van der Waals surface area contributed by atoms with Gasteiger partial charge in [-0.3, -0.25) is 9.59 Å². The molecule has 3 aromatic rings. The summed E-state index contributed by atoms with van der Waals surface area (Å²) in [6.07, 6.45) is 5.26. The van der Waals surface area contributed by atoms with Crippen LogP contribution in [-0.4, -0.2) is 62.7 Å². The SMILES string of the molecule is O=C(Nc1ccc(C(=O)N2CCCC2)cc1)C1CCN(c2ccc3nncn3n2)CC1. The highest BCUT2D eigenvalue weighted by molar-refractivity contribution is 5.96. The lowest BCUT2D eigenvalue weighted by atomic mass is 9.95. The number of benzene rings is 1. The Labute approximate surface area is 180 Å². The molecule has 1 aromatic carbocycles. The van der Waals surface area contributed by atoms with E-state index in [4.69, 9.17) is 0 Å². The van der Waals surface area contributed by atoms with E-state index >= 15 is 0 Å². The summed E-state index contributed by atoms with van der Waals surface area (Å²) in [7, 11) is 0. The fourth-order valence-electron chi connectivity index (χ4n) is 4.30. The number of nitrogens with one attached hydrogen (secondary N) is 1. The number of amides is 2. The Morgan fingerprint density at radius 3 is 2.42 bits per heavy atom. The lowest BCUT2D eigenvalue weighted by Crippen LogP contribution is -2.38. The van der Waals surface area contributed by atoms with Gasteiger partial charge in [-0.1, -0.05) is 0 Å². The van der Waals surface area contributed by atoms with Gasteiger partial charge in [-0.05, 0) is 62.1 Å². The Morgan fingerprint density at radius 1 is 0.935 bits per heavy atom. The van der Waals surface area contributed by atoms with Crippen LogP contribution in [0.5, 0.6) is 0 Å². The predicted molar refractivity (Wildman–Crippen MR) is 116 cm³/mol. The number of hydrogen-bond donors (Lipinski definition) is 1. The average molecular weight is 419 g/mol. The van der Waals surface area contributed by atoms with E-state index in [9.17, 15) is 9.59 Å². The minimum Gasteiger partial charge on any atom is -0.355 e. The molecule has 1 N–H and O–H groups in total. The first-order chi connectivity index (χ1) is 15.2. The Bertz CT molecular complexity index is 1080. The quantitative estimate of drug-likeness (QED) is 0.697. The van der Waals surface area contributed by atoms with Gasteiger partial charge < -0.3 is 15.1 Å². The molecule has 2 aliphatic heterocycles. The first kappa shape index (κ1) is 19.5. The molecule has 2 saturated heterocycles. The molecule has 9 nitrogen and oxygen atoms in total. The molecule has 2 aliphatic rings. The van der Waals surface area contributed by atoms with Crippen LogP contribution < -0.4 is 10.2 Å². The smallest absolute Gasteiger partial charge is 0.253 e. The second kappa shape index (κ2) is 8.33. The van der Waals surface area contributed by atoms with E-state index in [1.54, 1.807) is 23.0 Å². The molecule has 31 heavy (non-hydrogen) atoms. The monoisotopic (exact) mass is 419 g/mol. The van der Waals surface area contributed by atoms with E-state index in [1.165, 1.54) is 0 Å². The van der Waals surface area contributed by atoms with Crippen molar-refractivity contribution in [3.8, 4) is 0 Å². The van der Waals surface area contributed by atoms with Crippen molar-refractivity contribution >= 4 is 29.0 Å². The summed E-state index contributed by atoms with van der Waals surface area (Å²) in [5.41, 5.74) is 2.11. The third-order valence-corrected chi connectivity index (χ3v) is 6.13. The van der Waals surface area contributed by atoms with Crippen LogP contribution in [0.4, 0.5) is 11.5 Å². The number of hydrogen-bond acceptors (Lipinski definition) is 6. The fraction of sp³-hybridized carbons (Fsp3) is 0.409. The van der Waals surface area contributed by atoms with E-state index in [2.05, 4.69) is 25.5 Å². The van der Waals surface area contributed by atoms with Gasteiger partial charge in [0, 0.05) is 43.3 Å². The van der Waals surface area contributed by atoms with Crippen molar-refractivity contribution in [2.75, 3.05) is 36.4 Å². The maximum atomic E-state index is 12.7. The zero-order valence-corrected chi connectivity index (χ0v) is 17.3. The summed E-state index contributed by atoms with van der Waals surface area (Å²) < 4.78 is 1.66. The van der Waals surface area contributed by atoms with E-state index in [1.807, 2.05) is 29.2 Å². The van der Waals surface area contributed by atoms with Crippen molar-refractivity contribution in [2.45, 2.75) is 25.7 Å². The van der Waals surface area contributed by atoms with E-state index in [0.717, 1.165) is 63.4 Å². The van der Waals surface area contributed by atoms with Crippen LogP contribution >= 0.6 is 0 Å². The first-order valence-electron chi connectivity index (χ1n) is 10.8. The molecule has 2 fully saturated rings. The van der Waals surface area contributed by atoms with Gasteiger partial charge >= 0.3 is 0 Å². The number of rotatable bonds is 4. The second-order valence-electron chi connectivity index (χ2n) is 8.15. The van der Waals surface area contributed by atoms with Crippen LogP contribution in [0.3, 0.4) is 0 Å². The molecule has 2 amide bonds. The lowest BCUT2D eigenvalue weighted by Gasteiger charge is -2.32. The van der Waals surface area contributed by atoms with E-state index < -0.39 is 0 Å². The third-order valence-electron chi connectivity index (χ3n) is 6.13. The van der Waals surface area contributed by atoms with Gasteiger partial charge in [-0.15, -0.1) is 15.3 Å². The summed E-state index contributed by atoms with van der Waals surface area (Å²) >= 11 is 0. The van der Waals surface area contributed by atoms with Crippen molar-refractivity contribution < 1.29 is 9.59 Å². The zero-order chi connectivity index (χ0) is 21.2. The molecule has 0 radical (unpaired) electrons. The number of fused-ring (bicyclic) bond motifs is 1. The molecule has 9 heteroatoms. The summed E-state index contributed by atoms with van der Waals surface area (Å²) in [4.78, 5) is 29.3. The number of aromatic nitrogens is 4. The molecule has 0 saturated carbocycles. The van der Waals surface area contributed by atoms with Crippen LogP contribution in [0.15, 0.2) is 42.7 Å². The fourth-order valence-corrected chi connectivity index (χ4v) is 4.30. The highest BCUT2D eigenvalue weighted by Gasteiger charge is 2.26. The van der Waals surface area contributed by atoms with Gasteiger partial charge in [0.2, 0.25) is 5.91 Å². The van der Waals surface area contributed by atoms with Crippen LogP contribution in [0.2, 0.25) is 0 Å². The number of piperidine rings is 1. The molecular formula is C22H25N7O2. The van der Waals surface area contributed by atoms with Crippen LogP contribution in [0, 0.1) is 5.92 Å². The molecule has 0 spiro atoms. The van der Waals surface area contributed by atoms with Crippen molar-refractivity contribution in [1.29, 1.82) is 0 Å². The van der Waals surface area contributed by atoms with Crippen LogP contribution in [-0.2, 0) is 4.79 Å². The Kier molecular flexibility index (Phi) is 5.23. The lowest BCUT2D eigenvalue weighted by molar-refractivity contribution is -0.120. The number of nitrogens with zero attached hydrogens (tertiary/aromatic N) is 6. The Balaban J connectivity index is 1.15. The molecule has 0 atom stereocenters. The van der Waals surface area contributed by atoms with Gasteiger partial charge in [0.1, 0.15) is 12.1 Å². The molecule has 4 heterocycles. The summed E-state index contributed by atoms with van der Waals surface area (Å²) in [6, 6.07) is 11.1. The number of anilines is 2. The van der Waals surface area contributed by atoms with Crippen LogP contribution in [0.25, 0.3) is 5.65 Å². The molecule has 160 valence electrons. The van der Waals surface area contributed by atoms with Crippen molar-refractivity contribution in [2.24, 2.45) is 5.92 Å². The largest absolute Gasteiger partial charge is 0.355 e. The summed E-state index contributed by atoms with van der Waals surface area (Å²) in [5, 5.41) is 15.4. The first-order valence-corrected chi connectivity index (χ1v) is 10.8. The van der Waals surface area contributed by atoms with Crippen molar-refractivity contribution in [3.05, 3.63) is 48.3 Å². The highest BCUT2D eigenvalue weighted by atomic mass is 16.2. The van der Waals surface area contributed by atoms with E-state index in [-0.39, 0.29) is 17.7 Å². The number of carbonyl (C=O) groups excluding carboxylic acids is 2. The van der Waals surface area contributed by atoms with Gasteiger partial charge in [0.15, 0.2) is 5.65 Å². The Hall–Kier alpha value is -3.49. The molecule has 0 aliphatic carbocycles. The molecule has 0 unspecified atom stereocenters. The topological polar surface area (TPSA) is 95.7 Å². The zero-order valence-electron chi connectivity index (χ0n) is 17.3. The highest BCUT2D eigenvalue weighted by Crippen LogP contribution is 2.23. The molecule has 2 aromatic heterocycles. The van der Waals surface area contributed by atoms with Gasteiger partial charge in [-0.25, -0.2) is 0 Å². The average Bonchev–Trinajstić information content (AvgIpc) is 3.51. The molecule has 0 bridgehead atoms. The normalized spacial score (nSPS) is 17.3. The minimum absolute atomic E-state index is 0.0282. The predicted octanol–water partition coefficient (Wildman–Crippen LogP) is 2.22. The summed E-state index contributed by atoms with van der Waals surface area (Å²) in [5.74, 6) is 0.923.